The molecule has 0 amide bonds. The Hall–Kier alpha value is -7.21. The average molecular weight is 750 g/mol. The molecule has 11 aromatic rings. The van der Waals surface area contributed by atoms with E-state index >= 15 is 0 Å². The number of para-hydroxylation sites is 1. The summed E-state index contributed by atoms with van der Waals surface area (Å²) in [5.41, 5.74) is -0.0132. The summed E-state index contributed by atoms with van der Waals surface area (Å²) >= 11 is 1.58. The third-order valence-electron chi connectivity index (χ3n) is 9.49. The molecule has 5 heteroatoms. The molecule has 0 unspecified atom stereocenters. The number of thiophene rings is 1. The van der Waals surface area contributed by atoms with Crippen molar-refractivity contribution in [1.82, 2.24) is 19.5 Å². The Balaban J connectivity index is 1.34. The van der Waals surface area contributed by atoms with Gasteiger partial charge in [0.2, 0.25) is 0 Å². The first-order valence-corrected chi connectivity index (χ1v) is 18.2. The zero-order chi connectivity index (χ0) is 51.8. The Morgan fingerprint density at radius 1 is 0.429 bits per heavy atom. The van der Waals surface area contributed by atoms with Crippen molar-refractivity contribution >= 4 is 53.3 Å². The molecule has 262 valence electrons. The Kier molecular flexibility index (Phi) is 4.60. The highest BCUT2D eigenvalue weighted by molar-refractivity contribution is 7.25. The minimum absolute atomic E-state index is 0.0208. The van der Waals surface area contributed by atoms with Crippen LogP contribution in [0.25, 0.3) is 104 Å². The maximum absolute atomic E-state index is 9.82. The second-order valence-electron chi connectivity index (χ2n) is 12.7. The van der Waals surface area contributed by atoms with Crippen molar-refractivity contribution in [3.63, 3.8) is 0 Å². The molecule has 0 bridgehead atoms. The largest absolute Gasteiger partial charge is 0.308 e. The van der Waals surface area contributed by atoms with Gasteiger partial charge in [-0.3, -0.25) is 0 Å². The maximum atomic E-state index is 9.82. The fourth-order valence-electron chi connectivity index (χ4n) is 7.03. The van der Waals surface area contributed by atoms with E-state index in [4.69, 9.17) is 26.4 Å². The third kappa shape index (κ3) is 5.40. The van der Waals surface area contributed by atoms with E-state index in [-0.39, 0.29) is 56.1 Å². The first-order valence-electron chi connectivity index (χ1n) is 25.9. The lowest BCUT2D eigenvalue weighted by Gasteiger charge is -2.17. The normalized spacial score (nSPS) is 15.8. The lowest BCUT2D eigenvalue weighted by atomic mass is 9.97. The van der Waals surface area contributed by atoms with Crippen LogP contribution in [0.1, 0.15) is 23.3 Å². The van der Waals surface area contributed by atoms with E-state index in [1.807, 2.05) is 42.5 Å². The summed E-state index contributed by atoms with van der Waals surface area (Å²) in [5.74, 6) is -0.431. The molecule has 0 saturated carbocycles. The van der Waals surface area contributed by atoms with E-state index in [0.29, 0.717) is 11.1 Å². The fourth-order valence-corrected chi connectivity index (χ4v) is 8.16. The van der Waals surface area contributed by atoms with Crippen LogP contribution in [-0.4, -0.2) is 19.5 Å². The van der Waals surface area contributed by atoms with Crippen LogP contribution in [0.4, 0.5) is 0 Å². The van der Waals surface area contributed by atoms with Crippen molar-refractivity contribution in [2.24, 2.45) is 0 Å². The van der Waals surface area contributed by atoms with Crippen molar-refractivity contribution in [3.8, 4) is 62.1 Å². The molecule has 8 aromatic carbocycles. The van der Waals surface area contributed by atoms with Crippen molar-refractivity contribution in [2.75, 3.05) is 0 Å². The van der Waals surface area contributed by atoms with Gasteiger partial charge < -0.3 is 4.57 Å². The summed E-state index contributed by atoms with van der Waals surface area (Å²) in [5, 5.41) is 1.30. The topological polar surface area (TPSA) is 43.6 Å². The van der Waals surface area contributed by atoms with Gasteiger partial charge in [0.1, 0.15) is 0 Å². The first-order chi connectivity index (χ1) is 34.8. The van der Waals surface area contributed by atoms with Crippen LogP contribution in [0.2, 0.25) is 0 Å². The van der Waals surface area contributed by atoms with Gasteiger partial charge in [0.05, 0.1) is 40.0 Å². The van der Waals surface area contributed by atoms with Crippen LogP contribution in [0.3, 0.4) is 0 Å². The number of rotatable bonds is 6. The predicted octanol–water partition coefficient (Wildman–Crippen LogP) is 13.7. The van der Waals surface area contributed by atoms with Crippen molar-refractivity contribution in [2.45, 2.75) is 0 Å². The van der Waals surface area contributed by atoms with Crippen LogP contribution < -0.4 is 0 Å². The van der Waals surface area contributed by atoms with E-state index in [1.54, 1.807) is 59.9 Å². The van der Waals surface area contributed by atoms with Crippen LogP contribution in [0.15, 0.2) is 194 Å². The number of aromatic nitrogens is 4. The Bertz CT molecular complexity index is 4190. The van der Waals surface area contributed by atoms with Gasteiger partial charge in [0, 0.05) is 47.6 Å². The van der Waals surface area contributed by atoms with Gasteiger partial charge in [-0.1, -0.05) is 151 Å². The summed E-state index contributed by atoms with van der Waals surface area (Å²) in [6, 6.07) is 15.9. The van der Waals surface area contributed by atoms with Gasteiger partial charge in [-0.05, 0) is 64.6 Å². The molecule has 0 aliphatic carbocycles. The summed E-state index contributed by atoms with van der Waals surface area (Å²) in [6.45, 7) is 0. The number of fused-ring (bicyclic) bond motifs is 6. The van der Waals surface area contributed by atoms with Gasteiger partial charge in [0.25, 0.3) is 0 Å². The second kappa shape index (κ2) is 13.3. The SMILES string of the molecule is [2H]c1c([2H])c([2H])c(-c2nc(-c3ccccc3)nc(-c3ccc(-c4cccc5sc6ccccc6c45)cc3-n3c4c([2H])c([2H])c([2H])c([2H])c4c4c([2H])c(-c5c([2H])c([2H])c([2H])c([2H])c5[2H])c([2H])c([2H])c43)n2)c([2H])c1[2H]. The van der Waals surface area contributed by atoms with Crippen molar-refractivity contribution in [3.05, 3.63) is 194 Å². The molecule has 0 N–H and O–H groups in total. The molecule has 3 aromatic heterocycles. The summed E-state index contributed by atoms with van der Waals surface area (Å²) in [6.07, 6.45) is 0. The number of benzene rings is 8. The molecule has 0 aliphatic heterocycles. The lowest BCUT2D eigenvalue weighted by Crippen LogP contribution is -2.04. The highest BCUT2D eigenvalue weighted by atomic mass is 32.1. The molecule has 0 saturated heterocycles. The summed E-state index contributed by atoms with van der Waals surface area (Å²) < 4.78 is 155. The molecule has 0 atom stereocenters. The molecule has 56 heavy (non-hydrogen) atoms. The Morgan fingerprint density at radius 2 is 1.11 bits per heavy atom. The molecule has 11 rings (SSSR count). The molecule has 3 heterocycles. The van der Waals surface area contributed by atoms with Crippen LogP contribution in [0.5, 0.6) is 0 Å². The smallest absolute Gasteiger partial charge is 0.166 e. The van der Waals surface area contributed by atoms with Gasteiger partial charge in [-0.15, -0.1) is 11.3 Å². The third-order valence-corrected chi connectivity index (χ3v) is 10.6. The minimum atomic E-state index is -0.754. The van der Waals surface area contributed by atoms with Crippen molar-refractivity contribution in [1.29, 1.82) is 0 Å². The van der Waals surface area contributed by atoms with Gasteiger partial charge in [-0.2, -0.15) is 0 Å². The molecular weight excluding hydrogens is 701 g/mol. The molecule has 0 spiro atoms. The summed E-state index contributed by atoms with van der Waals surface area (Å²) in [4.78, 5) is 14.4. The first kappa shape index (κ1) is 19.4. The van der Waals surface area contributed by atoms with Crippen LogP contribution in [-0.2, 0) is 0 Å². The Labute approximate surface area is 351 Å². The van der Waals surface area contributed by atoms with E-state index in [9.17, 15) is 6.85 Å². The number of nitrogens with zero attached hydrogens (tertiary/aromatic N) is 4. The van der Waals surface area contributed by atoms with E-state index < -0.39 is 114 Å². The minimum Gasteiger partial charge on any atom is -0.308 e. The molecule has 0 radical (unpaired) electrons. The molecule has 0 aliphatic rings. The van der Waals surface area contributed by atoms with E-state index in [1.165, 1.54) is 4.57 Å². The quantitative estimate of drug-likeness (QED) is 0.170. The zero-order valence-electron chi connectivity index (χ0n) is 45.9. The molecule has 4 nitrogen and oxygen atoms in total. The zero-order valence-corrected chi connectivity index (χ0v) is 29.7. The highest BCUT2D eigenvalue weighted by Gasteiger charge is 2.21. The molecular formula is C51H32N4S. The van der Waals surface area contributed by atoms with Crippen LogP contribution >= 0.6 is 11.3 Å². The van der Waals surface area contributed by atoms with E-state index in [0.717, 1.165) is 25.7 Å². The van der Waals surface area contributed by atoms with Gasteiger partial charge >= 0.3 is 0 Å². The summed E-state index contributed by atoms with van der Waals surface area (Å²) in [7, 11) is 0. The van der Waals surface area contributed by atoms with Gasteiger partial charge in [-0.25, -0.2) is 15.0 Å². The predicted molar refractivity (Wildman–Crippen MR) is 234 cm³/mol. The number of hydrogen-bond donors (Lipinski definition) is 0. The molecule has 0 fully saturated rings. The van der Waals surface area contributed by atoms with Crippen molar-refractivity contribution < 1.29 is 23.3 Å². The number of hydrogen-bond acceptors (Lipinski definition) is 4. The standard InChI is InChI=1S/C51H32N4S/c1-4-15-33(16-5-1)36-28-30-44-42(31-36)39-21-10-12-24-43(39)55(44)45-32-37(38-23-14-26-47-48(38)41-22-11-13-25-46(41)56-47)27-29-40(45)51-53-49(34-17-6-2-7-18-34)52-50(54-51)35-19-8-3-9-20-35/h1-32H/i1D,2D,4D,5D,6D,7D,10D,12D,15D,16D,17D,18D,21D,24D,28D,30D,31D. The second-order valence-corrected chi connectivity index (χ2v) is 13.8. The highest BCUT2D eigenvalue weighted by Crippen LogP contribution is 2.43. The fraction of sp³-hybridized carbons (Fsp3) is 0. The van der Waals surface area contributed by atoms with E-state index in [2.05, 4.69) is 4.98 Å². The average Bonchev–Trinajstić information content (AvgIpc) is 3.97. The maximum Gasteiger partial charge on any atom is 0.166 e. The van der Waals surface area contributed by atoms with Crippen LogP contribution in [0, 0.1) is 0 Å². The lowest BCUT2D eigenvalue weighted by molar-refractivity contribution is 1.06. The Morgan fingerprint density at radius 3 is 1.95 bits per heavy atom. The monoisotopic (exact) mass is 749 g/mol. The van der Waals surface area contributed by atoms with Gasteiger partial charge in [0.15, 0.2) is 17.5 Å².